The third-order valence-corrected chi connectivity index (χ3v) is 3.37. The number of sulfonamides is 1. The van der Waals surface area contributed by atoms with E-state index in [-0.39, 0.29) is 33.1 Å². The molecule has 0 aliphatic rings. The summed E-state index contributed by atoms with van der Waals surface area (Å²) in [4.78, 5) is 6.41. The fourth-order valence-corrected chi connectivity index (χ4v) is 2.48. The number of fused-ring (bicyclic) bond motifs is 1. The summed E-state index contributed by atoms with van der Waals surface area (Å²) in [6.07, 6.45) is 0. The number of hydrogen-bond acceptors (Lipinski definition) is 3. The summed E-state index contributed by atoms with van der Waals surface area (Å²) in [6, 6.07) is 2.69. The summed E-state index contributed by atoms with van der Waals surface area (Å²) in [5.74, 6) is 0. The Hall–Kier alpha value is -0.570. The van der Waals surface area contributed by atoms with Gasteiger partial charge in [-0.2, -0.15) is 0 Å². The fraction of sp³-hybridized carbons (Fsp3) is 0. The average molecular weight is 321 g/mol. The second-order valence-electron chi connectivity index (χ2n) is 2.87. The molecule has 0 unspecified atom stereocenters. The molecule has 2 rings (SSSR count). The Bertz CT molecular complexity index is 640. The van der Waals surface area contributed by atoms with Crippen LogP contribution in [0.25, 0.3) is 11.0 Å². The van der Waals surface area contributed by atoms with Crippen molar-refractivity contribution >= 4 is 56.7 Å². The lowest BCUT2D eigenvalue weighted by molar-refractivity contribution is 0.598. The van der Waals surface area contributed by atoms with Gasteiger partial charge in [0.25, 0.3) is 0 Å². The van der Waals surface area contributed by atoms with Gasteiger partial charge in [0, 0.05) is 0 Å². The first-order chi connectivity index (χ1) is 6.88. The third kappa shape index (κ3) is 3.21. The minimum Gasteiger partial charge on any atom is -0.412 e. The van der Waals surface area contributed by atoms with E-state index >= 15 is 0 Å². The van der Waals surface area contributed by atoms with Crippen LogP contribution in [0.3, 0.4) is 0 Å². The quantitative estimate of drug-likeness (QED) is 0.818. The second-order valence-corrected chi connectivity index (χ2v) is 5.17. The number of nitrogens with one attached hydrogen (secondary N) is 1. The summed E-state index contributed by atoms with van der Waals surface area (Å²) in [6.45, 7) is 0. The number of H-pyrrole nitrogens is 1. The standard InChI is InChI=1S/C7H5Cl2N3O2S.ClH.H2O/c8-3-1-4-5(12-7(9)11-4)2-6(3)15(10,13)14;;/h1-2H,(H,11,12)(H2,10,13,14);1H;1H2. The molecule has 96 valence electrons. The molecule has 1 heterocycles. The third-order valence-electron chi connectivity index (χ3n) is 1.81. The maximum Gasteiger partial charge on any atom is 0.239 e. The van der Waals surface area contributed by atoms with E-state index in [9.17, 15) is 8.42 Å². The predicted octanol–water partition coefficient (Wildman–Crippen LogP) is 1.11. The van der Waals surface area contributed by atoms with Crippen molar-refractivity contribution in [3.05, 3.63) is 22.4 Å². The van der Waals surface area contributed by atoms with Crippen LogP contribution in [0.2, 0.25) is 10.3 Å². The van der Waals surface area contributed by atoms with Gasteiger partial charge in [0.05, 0.1) is 16.1 Å². The van der Waals surface area contributed by atoms with E-state index in [1.165, 1.54) is 12.1 Å². The molecule has 6 nitrogen and oxygen atoms in total. The van der Waals surface area contributed by atoms with Gasteiger partial charge in [0.1, 0.15) is 4.90 Å². The SMILES string of the molecule is Cl.NS(=O)(=O)c1cc2[nH]c(Cl)nc2cc1Cl.O. The summed E-state index contributed by atoms with van der Waals surface area (Å²) in [5, 5.41) is 5.16. The number of hydrogen-bond donors (Lipinski definition) is 2. The molecule has 2 aromatic rings. The van der Waals surface area contributed by atoms with Gasteiger partial charge in [-0.1, -0.05) is 11.6 Å². The van der Waals surface area contributed by atoms with E-state index in [1.54, 1.807) is 0 Å². The Morgan fingerprint density at radius 1 is 1.29 bits per heavy atom. The van der Waals surface area contributed by atoms with Crippen molar-refractivity contribution < 1.29 is 13.9 Å². The van der Waals surface area contributed by atoms with E-state index in [0.717, 1.165) is 0 Å². The Kier molecular flexibility index (Phi) is 5.20. The van der Waals surface area contributed by atoms with E-state index < -0.39 is 10.0 Å². The van der Waals surface area contributed by atoms with Gasteiger partial charge in [-0.3, -0.25) is 0 Å². The van der Waals surface area contributed by atoms with Gasteiger partial charge in [-0.05, 0) is 23.7 Å². The lowest BCUT2D eigenvalue weighted by Gasteiger charge is -2.00. The smallest absolute Gasteiger partial charge is 0.239 e. The van der Waals surface area contributed by atoms with Crippen LogP contribution in [0.1, 0.15) is 0 Å². The van der Waals surface area contributed by atoms with Crippen LogP contribution < -0.4 is 5.14 Å². The van der Waals surface area contributed by atoms with Crippen molar-refractivity contribution in [1.82, 2.24) is 9.97 Å². The minimum absolute atomic E-state index is 0. The zero-order valence-corrected chi connectivity index (χ0v) is 11.2. The first-order valence-electron chi connectivity index (χ1n) is 3.75. The van der Waals surface area contributed by atoms with Gasteiger partial charge in [0.2, 0.25) is 15.3 Å². The average Bonchev–Trinajstić information content (AvgIpc) is 2.40. The maximum atomic E-state index is 11.1. The molecular formula is C7H8Cl3N3O3S. The molecule has 5 N–H and O–H groups in total. The Morgan fingerprint density at radius 2 is 1.88 bits per heavy atom. The number of benzene rings is 1. The van der Waals surface area contributed by atoms with Crippen molar-refractivity contribution in [3.8, 4) is 0 Å². The Labute approximate surface area is 113 Å². The minimum atomic E-state index is -3.84. The van der Waals surface area contributed by atoms with Crippen molar-refractivity contribution in [3.63, 3.8) is 0 Å². The molecule has 0 radical (unpaired) electrons. The second kappa shape index (κ2) is 5.38. The lowest BCUT2D eigenvalue weighted by Crippen LogP contribution is -2.12. The number of rotatable bonds is 1. The van der Waals surface area contributed by atoms with E-state index in [1.807, 2.05) is 0 Å². The lowest BCUT2D eigenvalue weighted by atomic mass is 10.3. The molecule has 0 saturated heterocycles. The number of imidazole rings is 1. The highest BCUT2D eigenvalue weighted by Gasteiger charge is 2.15. The number of aromatic amines is 1. The van der Waals surface area contributed by atoms with E-state index in [4.69, 9.17) is 28.3 Å². The molecule has 0 bridgehead atoms. The molecule has 0 atom stereocenters. The Balaban J connectivity index is 0.00000128. The van der Waals surface area contributed by atoms with Crippen LogP contribution in [0.5, 0.6) is 0 Å². The highest BCUT2D eigenvalue weighted by atomic mass is 35.5. The molecule has 1 aromatic carbocycles. The van der Waals surface area contributed by atoms with Gasteiger partial charge < -0.3 is 10.5 Å². The molecule has 0 aliphatic heterocycles. The van der Waals surface area contributed by atoms with Crippen LogP contribution in [-0.2, 0) is 10.0 Å². The van der Waals surface area contributed by atoms with Crippen LogP contribution >= 0.6 is 35.6 Å². The predicted molar refractivity (Wildman–Crippen MR) is 68.3 cm³/mol. The van der Waals surface area contributed by atoms with Crippen LogP contribution in [-0.4, -0.2) is 23.9 Å². The largest absolute Gasteiger partial charge is 0.412 e. The molecule has 10 heteroatoms. The number of nitrogens with two attached hydrogens (primary N) is 1. The molecule has 0 spiro atoms. The van der Waals surface area contributed by atoms with Gasteiger partial charge in [-0.15, -0.1) is 12.4 Å². The molecule has 0 fully saturated rings. The van der Waals surface area contributed by atoms with Crippen molar-refractivity contribution in [2.75, 3.05) is 0 Å². The summed E-state index contributed by atoms with van der Waals surface area (Å²) >= 11 is 11.4. The van der Waals surface area contributed by atoms with Crippen LogP contribution in [0.15, 0.2) is 17.0 Å². The molecule has 0 saturated carbocycles. The zero-order chi connectivity index (χ0) is 11.2. The number of primary sulfonamides is 1. The monoisotopic (exact) mass is 319 g/mol. The highest BCUT2D eigenvalue weighted by molar-refractivity contribution is 7.89. The Morgan fingerprint density at radius 3 is 2.41 bits per heavy atom. The first kappa shape index (κ1) is 16.4. The number of nitrogens with zero attached hydrogens (tertiary/aromatic N) is 1. The summed E-state index contributed by atoms with van der Waals surface area (Å²) in [7, 11) is -3.84. The van der Waals surface area contributed by atoms with Crippen LogP contribution in [0.4, 0.5) is 0 Å². The molecule has 1 aromatic heterocycles. The first-order valence-corrected chi connectivity index (χ1v) is 6.06. The summed E-state index contributed by atoms with van der Waals surface area (Å²) < 4.78 is 22.3. The van der Waals surface area contributed by atoms with E-state index in [0.29, 0.717) is 11.0 Å². The number of halogens is 3. The van der Waals surface area contributed by atoms with E-state index in [2.05, 4.69) is 9.97 Å². The maximum absolute atomic E-state index is 11.1. The molecule has 0 aliphatic carbocycles. The fourth-order valence-electron chi connectivity index (χ4n) is 1.20. The highest BCUT2D eigenvalue weighted by Crippen LogP contribution is 2.26. The van der Waals surface area contributed by atoms with Crippen molar-refractivity contribution in [1.29, 1.82) is 0 Å². The zero-order valence-electron chi connectivity index (χ0n) is 8.07. The van der Waals surface area contributed by atoms with Gasteiger partial charge >= 0.3 is 0 Å². The van der Waals surface area contributed by atoms with Gasteiger partial charge in [-0.25, -0.2) is 18.5 Å². The molecule has 0 amide bonds. The topological polar surface area (TPSA) is 120 Å². The van der Waals surface area contributed by atoms with Crippen molar-refractivity contribution in [2.24, 2.45) is 5.14 Å². The van der Waals surface area contributed by atoms with Crippen LogP contribution in [0, 0.1) is 0 Å². The molecule has 17 heavy (non-hydrogen) atoms. The molecular weight excluding hydrogens is 313 g/mol. The summed E-state index contributed by atoms with van der Waals surface area (Å²) in [5.41, 5.74) is 0.950. The normalized spacial score (nSPS) is 10.8. The number of aromatic nitrogens is 2. The van der Waals surface area contributed by atoms with Crippen molar-refractivity contribution in [2.45, 2.75) is 4.90 Å². The van der Waals surface area contributed by atoms with Gasteiger partial charge in [0.15, 0.2) is 0 Å².